The lowest BCUT2D eigenvalue weighted by Gasteiger charge is -2.34. The Morgan fingerprint density at radius 3 is 2.26 bits per heavy atom. The Balaban J connectivity index is 0.00000225. The minimum atomic E-state index is 0. The normalized spacial score (nSPS) is 20.1. The van der Waals surface area contributed by atoms with Crippen LogP contribution >= 0.6 is 37.2 Å². The maximum absolute atomic E-state index is 12.1. The van der Waals surface area contributed by atoms with Crippen LogP contribution in [0.3, 0.4) is 0 Å². The lowest BCUT2D eigenvalue weighted by Crippen LogP contribution is -2.45. The number of nitrogens with one attached hydrogen (secondary N) is 2. The van der Waals surface area contributed by atoms with Crippen molar-refractivity contribution in [3.63, 3.8) is 0 Å². The van der Waals surface area contributed by atoms with Crippen molar-refractivity contribution in [2.75, 3.05) is 44.6 Å². The number of hydrogen-bond acceptors (Lipinski definition) is 4. The second-order valence-electron chi connectivity index (χ2n) is 6.95. The topological polar surface area (TPSA) is 47.6 Å². The van der Waals surface area contributed by atoms with E-state index in [0.717, 1.165) is 44.8 Å². The van der Waals surface area contributed by atoms with Crippen molar-refractivity contribution in [2.24, 2.45) is 0 Å². The van der Waals surface area contributed by atoms with Gasteiger partial charge in [0, 0.05) is 50.9 Å². The number of likely N-dealkylation sites (N-methyl/N-ethyl adjacent to an activating group) is 1. The van der Waals surface area contributed by atoms with E-state index in [1.807, 2.05) is 12.1 Å². The van der Waals surface area contributed by atoms with Crippen LogP contribution in [0.25, 0.3) is 0 Å². The molecule has 8 heteroatoms. The summed E-state index contributed by atoms with van der Waals surface area (Å²) in [5.41, 5.74) is 2.22. The minimum Gasteiger partial charge on any atom is -0.326 e. The molecule has 5 nitrogen and oxygen atoms in total. The fourth-order valence-corrected chi connectivity index (χ4v) is 3.58. The molecule has 0 aromatic heterocycles. The Hall–Kier alpha value is -0.560. The molecule has 27 heavy (non-hydrogen) atoms. The molecule has 156 valence electrons. The van der Waals surface area contributed by atoms with E-state index in [0.29, 0.717) is 12.5 Å². The van der Waals surface area contributed by atoms with E-state index in [-0.39, 0.29) is 43.1 Å². The molecule has 0 aliphatic carbocycles. The lowest BCUT2D eigenvalue weighted by molar-refractivity contribution is -0.116. The SMILES string of the molecule is CCN1CCN(Cc2ccc(NC(=O)CC3CCCN3)cc2)CC1.Cl.Cl.Cl. The summed E-state index contributed by atoms with van der Waals surface area (Å²) in [6.07, 6.45) is 2.86. The zero-order valence-electron chi connectivity index (χ0n) is 16.0. The fraction of sp³-hybridized carbons (Fsp3) is 0.632. The highest BCUT2D eigenvalue weighted by Gasteiger charge is 2.18. The first-order valence-electron chi connectivity index (χ1n) is 9.30. The molecular weight excluding hydrogens is 407 g/mol. The maximum atomic E-state index is 12.1. The first-order chi connectivity index (χ1) is 11.7. The third-order valence-corrected chi connectivity index (χ3v) is 5.15. The Kier molecular flexibility index (Phi) is 13.3. The number of amides is 1. The molecule has 2 heterocycles. The van der Waals surface area contributed by atoms with Crippen molar-refractivity contribution in [2.45, 2.75) is 38.8 Å². The smallest absolute Gasteiger partial charge is 0.225 e. The molecule has 3 rings (SSSR count). The molecule has 0 spiro atoms. The van der Waals surface area contributed by atoms with E-state index in [1.165, 1.54) is 25.1 Å². The number of carbonyl (C=O) groups excluding carboxylic acids is 1. The van der Waals surface area contributed by atoms with Crippen LogP contribution < -0.4 is 10.6 Å². The number of carbonyl (C=O) groups is 1. The molecule has 1 amide bonds. The number of halogens is 3. The number of piperazine rings is 1. The predicted molar refractivity (Wildman–Crippen MR) is 120 cm³/mol. The average molecular weight is 440 g/mol. The highest BCUT2D eigenvalue weighted by molar-refractivity contribution is 5.91. The predicted octanol–water partition coefficient (Wildman–Crippen LogP) is 3.17. The third-order valence-electron chi connectivity index (χ3n) is 5.15. The summed E-state index contributed by atoms with van der Waals surface area (Å²) in [5.74, 6) is 0.109. The number of rotatable bonds is 6. The summed E-state index contributed by atoms with van der Waals surface area (Å²) in [5, 5.41) is 6.38. The zero-order valence-corrected chi connectivity index (χ0v) is 18.4. The summed E-state index contributed by atoms with van der Waals surface area (Å²) in [6.45, 7) is 10.0. The van der Waals surface area contributed by atoms with Crippen molar-refractivity contribution in [1.29, 1.82) is 0 Å². The van der Waals surface area contributed by atoms with E-state index in [2.05, 4.69) is 39.5 Å². The number of anilines is 1. The molecule has 2 saturated heterocycles. The van der Waals surface area contributed by atoms with Crippen LogP contribution in [0.2, 0.25) is 0 Å². The number of benzene rings is 1. The molecule has 0 bridgehead atoms. The number of nitrogens with zero attached hydrogens (tertiary/aromatic N) is 2. The standard InChI is InChI=1S/C19H30N4O.3ClH/c1-2-22-10-12-23(13-11-22)15-16-5-7-17(8-6-16)21-19(24)14-18-4-3-9-20-18;;;/h5-8,18,20H,2-4,9-15H2,1H3,(H,21,24);3*1H. The van der Waals surface area contributed by atoms with Gasteiger partial charge < -0.3 is 15.5 Å². The molecule has 1 aromatic rings. The Morgan fingerprint density at radius 2 is 1.70 bits per heavy atom. The Labute approximate surface area is 181 Å². The summed E-state index contributed by atoms with van der Waals surface area (Å²) in [7, 11) is 0. The summed E-state index contributed by atoms with van der Waals surface area (Å²) < 4.78 is 0. The van der Waals surface area contributed by atoms with E-state index in [4.69, 9.17) is 0 Å². The van der Waals surface area contributed by atoms with Crippen LogP contribution in [0, 0.1) is 0 Å². The Bertz CT molecular complexity index is 530. The average Bonchev–Trinajstić information content (AvgIpc) is 3.10. The largest absolute Gasteiger partial charge is 0.326 e. The molecule has 2 aliphatic rings. The molecule has 1 atom stereocenters. The van der Waals surface area contributed by atoms with Crippen LogP contribution in [-0.2, 0) is 11.3 Å². The van der Waals surface area contributed by atoms with Crippen molar-refractivity contribution >= 4 is 48.8 Å². The molecule has 0 saturated carbocycles. The van der Waals surface area contributed by atoms with Gasteiger partial charge in [-0.2, -0.15) is 0 Å². The molecule has 2 aliphatic heterocycles. The summed E-state index contributed by atoms with van der Waals surface area (Å²) in [6, 6.07) is 8.67. The van der Waals surface area contributed by atoms with Crippen LogP contribution in [0.15, 0.2) is 24.3 Å². The van der Waals surface area contributed by atoms with E-state index in [1.54, 1.807) is 0 Å². The molecule has 2 N–H and O–H groups in total. The fourth-order valence-electron chi connectivity index (χ4n) is 3.58. The van der Waals surface area contributed by atoms with Gasteiger partial charge in [0.25, 0.3) is 0 Å². The van der Waals surface area contributed by atoms with Crippen LogP contribution in [0.1, 0.15) is 31.7 Å². The summed E-state index contributed by atoms with van der Waals surface area (Å²) >= 11 is 0. The van der Waals surface area contributed by atoms with Gasteiger partial charge in [-0.3, -0.25) is 9.69 Å². The van der Waals surface area contributed by atoms with Gasteiger partial charge in [0.15, 0.2) is 0 Å². The second kappa shape index (κ2) is 13.6. The zero-order chi connectivity index (χ0) is 16.8. The van der Waals surface area contributed by atoms with E-state index >= 15 is 0 Å². The van der Waals surface area contributed by atoms with Crippen molar-refractivity contribution in [3.05, 3.63) is 29.8 Å². The van der Waals surface area contributed by atoms with Crippen molar-refractivity contribution in [3.8, 4) is 0 Å². The van der Waals surface area contributed by atoms with Crippen LogP contribution in [0.4, 0.5) is 5.69 Å². The van der Waals surface area contributed by atoms with E-state index in [9.17, 15) is 4.79 Å². The Morgan fingerprint density at radius 1 is 1.07 bits per heavy atom. The highest BCUT2D eigenvalue weighted by Crippen LogP contribution is 2.15. The summed E-state index contributed by atoms with van der Waals surface area (Å²) in [4.78, 5) is 17.1. The molecule has 1 unspecified atom stereocenters. The van der Waals surface area contributed by atoms with Crippen LogP contribution in [0.5, 0.6) is 0 Å². The first-order valence-corrected chi connectivity index (χ1v) is 9.30. The molecular formula is C19H33Cl3N4O. The molecule has 1 aromatic carbocycles. The first kappa shape index (κ1) is 26.4. The minimum absolute atomic E-state index is 0. The van der Waals surface area contributed by atoms with Gasteiger partial charge in [-0.05, 0) is 43.6 Å². The molecule has 0 radical (unpaired) electrons. The van der Waals surface area contributed by atoms with Crippen molar-refractivity contribution in [1.82, 2.24) is 15.1 Å². The highest BCUT2D eigenvalue weighted by atomic mass is 35.5. The monoisotopic (exact) mass is 438 g/mol. The van der Waals surface area contributed by atoms with Gasteiger partial charge in [-0.25, -0.2) is 0 Å². The third kappa shape index (κ3) is 8.55. The van der Waals surface area contributed by atoms with Crippen LogP contribution in [-0.4, -0.2) is 61.0 Å². The second-order valence-corrected chi connectivity index (χ2v) is 6.95. The van der Waals surface area contributed by atoms with Gasteiger partial charge in [0.05, 0.1) is 0 Å². The van der Waals surface area contributed by atoms with Gasteiger partial charge in [0.1, 0.15) is 0 Å². The molecule has 2 fully saturated rings. The van der Waals surface area contributed by atoms with Gasteiger partial charge >= 0.3 is 0 Å². The van der Waals surface area contributed by atoms with Gasteiger partial charge in [0.2, 0.25) is 5.91 Å². The van der Waals surface area contributed by atoms with E-state index < -0.39 is 0 Å². The maximum Gasteiger partial charge on any atom is 0.225 e. The van der Waals surface area contributed by atoms with Gasteiger partial charge in [-0.15, -0.1) is 37.2 Å². The van der Waals surface area contributed by atoms with Crippen molar-refractivity contribution < 1.29 is 4.79 Å². The number of hydrogen-bond donors (Lipinski definition) is 2. The quantitative estimate of drug-likeness (QED) is 0.715. The van der Waals surface area contributed by atoms with Gasteiger partial charge in [-0.1, -0.05) is 19.1 Å². The lowest BCUT2D eigenvalue weighted by atomic mass is 10.1.